The SMILES string of the molecule is CC/C=C\C/C=C\C/C=C\C/C=C\C/C=C\C/C=C\C/C=C\CCCCCC(=O)OCC(COC(=O)CCCCCCCCCCCCCCCCCCC)OC(=O)CCCCCCCCC/C=C\C/C=C\C/C=C\C/C=C\C/C=C\CC. The van der Waals surface area contributed by atoms with E-state index in [-0.39, 0.29) is 31.1 Å². The first kappa shape index (κ1) is 78.3. The van der Waals surface area contributed by atoms with Gasteiger partial charge in [-0.1, -0.05) is 308 Å². The summed E-state index contributed by atoms with van der Waals surface area (Å²) in [7, 11) is 0. The van der Waals surface area contributed by atoms with Gasteiger partial charge in [0, 0.05) is 19.3 Å². The average Bonchev–Trinajstić information content (AvgIpc) is 3.49. The Hall–Kier alpha value is -4.71. The van der Waals surface area contributed by atoms with Gasteiger partial charge in [-0.05, 0) is 122 Å². The van der Waals surface area contributed by atoms with Crippen LogP contribution in [0, 0.1) is 0 Å². The van der Waals surface area contributed by atoms with E-state index in [9.17, 15) is 14.4 Å². The Bertz CT molecular complexity index is 1800. The van der Waals surface area contributed by atoms with E-state index in [4.69, 9.17) is 14.2 Å². The highest BCUT2D eigenvalue weighted by atomic mass is 16.6. The summed E-state index contributed by atoms with van der Waals surface area (Å²) in [6.07, 6.45) is 100.0. The van der Waals surface area contributed by atoms with E-state index in [1.807, 2.05) is 0 Å². The molecule has 0 radical (unpaired) electrons. The van der Waals surface area contributed by atoms with E-state index in [0.29, 0.717) is 19.3 Å². The molecule has 470 valence electrons. The van der Waals surface area contributed by atoms with Crippen molar-refractivity contribution in [3.05, 3.63) is 146 Å². The van der Waals surface area contributed by atoms with Gasteiger partial charge in [-0.3, -0.25) is 14.4 Å². The number of allylic oxidation sites excluding steroid dienone is 24. The van der Waals surface area contributed by atoms with Gasteiger partial charge < -0.3 is 14.2 Å². The van der Waals surface area contributed by atoms with E-state index >= 15 is 0 Å². The van der Waals surface area contributed by atoms with Crippen LogP contribution in [0.4, 0.5) is 0 Å². The lowest BCUT2D eigenvalue weighted by Gasteiger charge is -2.18. The normalized spacial score (nSPS) is 13.0. The topological polar surface area (TPSA) is 78.9 Å². The Morgan fingerprint density at radius 2 is 0.470 bits per heavy atom. The second kappa shape index (κ2) is 69.8. The number of hydrogen-bond donors (Lipinski definition) is 0. The number of unbranched alkanes of at least 4 members (excludes halogenated alkanes) is 26. The molecule has 0 fully saturated rings. The van der Waals surface area contributed by atoms with Gasteiger partial charge in [-0.25, -0.2) is 0 Å². The monoisotopic (exact) mass is 1150 g/mol. The molecule has 0 bridgehead atoms. The molecule has 0 aromatic rings. The molecule has 0 aliphatic rings. The van der Waals surface area contributed by atoms with E-state index in [1.165, 1.54) is 109 Å². The van der Waals surface area contributed by atoms with Crippen LogP contribution in [0.15, 0.2) is 146 Å². The maximum Gasteiger partial charge on any atom is 0.306 e. The standard InChI is InChI=1S/C77H126O6/c1-4-7-10-13-16-19-22-25-28-31-33-35-37-38-40-41-43-46-49-52-55-58-61-64-67-70-76(79)82-73-74(72-81-75(78)69-66-63-60-57-54-51-48-45-30-27-24-21-18-15-12-9-6-3)83-77(80)71-68-65-62-59-56-53-50-47-44-42-39-36-34-32-29-26-23-20-17-14-11-8-5-2/h7-8,10-11,16-17,19-20,25-26,28-29,33-36,38,40,42-44,46,52,55,74H,4-6,9,12-15,18,21-24,27,30-32,37,39,41,45,47-51,53-54,56-73H2,1-3H3/b10-7-,11-8-,19-16-,20-17-,28-25-,29-26-,35-33-,36-34-,40-38-,44-42-,46-43-,55-52-. The Kier molecular flexibility index (Phi) is 65.8. The van der Waals surface area contributed by atoms with Gasteiger partial charge >= 0.3 is 17.9 Å². The maximum atomic E-state index is 13.0. The predicted molar refractivity (Wildman–Crippen MR) is 362 cm³/mol. The van der Waals surface area contributed by atoms with Crippen LogP contribution >= 0.6 is 0 Å². The zero-order chi connectivity index (χ0) is 59.9. The zero-order valence-corrected chi connectivity index (χ0v) is 53.9. The molecule has 6 heteroatoms. The smallest absolute Gasteiger partial charge is 0.306 e. The average molecular weight is 1150 g/mol. The van der Waals surface area contributed by atoms with E-state index in [0.717, 1.165) is 154 Å². The molecule has 0 heterocycles. The first-order chi connectivity index (χ1) is 41.0. The lowest BCUT2D eigenvalue weighted by atomic mass is 10.0. The Morgan fingerprint density at radius 3 is 0.747 bits per heavy atom. The maximum absolute atomic E-state index is 13.0. The molecule has 83 heavy (non-hydrogen) atoms. The summed E-state index contributed by atoms with van der Waals surface area (Å²) in [6, 6.07) is 0. The molecule has 1 atom stereocenters. The summed E-state index contributed by atoms with van der Waals surface area (Å²) < 4.78 is 17.0. The van der Waals surface area contributed by atoms with Crippen molar-refractivity contribution in [3.8, 4) is 0 Å². The van der Waals surface area contributed by atoms with Gasteiger partial charge in [0.25, 0.3) is 0 Å². The summed E-state index contributed by atoms with van der Waals surface area (Å²) in [4.78, 5) is 38.5. The Labute approximate surface area is 512 Å². The molecule has 0 aliphatic heterocycles. The molecule has 0 spiro atoms. The highest BCUT2D eigenvalue weighted by Gasteiger charge is 2.19. The minimum Gasteiger partial charge on any atom is -0.462 e. The van der Waals surface area contributed by atoms with E-state index < -0.39 is 6.10 Å². The number of rotatable bonds is 61. The van der Waals surface area contributed by atoms with Gasteiger partial charge in [0.2, 0.25) is 0 Å². The number of carbonyl (C=O) groups is 3. The summed E-state index contributed by atoms with van der Waals surface area (Å²) in [5.74, 6) is -0.935. The summed E-state index contributed by atoms with van der Waals surface area (Å²) >= 11 is 0. The fourth-order valence-electron chi connectivity index (χ4n) is 9.27. The van der Waals surface area contributed by atoms with Crippen LogP contribution < -0.4 is 0 Å². The molecule has 0 rings (SSSR count). The van der Waals surface area contributed by atoms with Crippen molar-refractivity contribution in [1.82, 2.24) is 0 Å². The van der Waals surface area contributed by atoms with Crippen molar-refractivity contribution in [2.75, 3.05) is 13.2 Å². The molecule has 6 nitrogen and oxygen atoms in total. The third-order valence-electron chi connectivity index (χ3n) is 14.3. The fourth-order valence-corrected chi connectivity index (χ4v) is 9.27. The predicted octanol–water partition coefficient (Wildman–Crippen LogP) is 23.9. The number of hydrogen-bond acceptors (Lipinski definition) is 6. The van der Waals surface area contributed by atoms with E-state index in [2.05, 4.69) is 167 Å². The van der Waals surface area contributed by atoms with Gasteiger partial charge in [0.15, 0.2) is 6.10 Å². The van der Waals surface area contributed by atoms with Crippen molar-refractivity contribution >= 4 is 17.9 Å². The quantitative estimate of drug-likeness (QED) is 0.0261. The molecule has 0 aromatic carbocycles. The highest BCUT2D eigenvalue weighted by Crippen LogP contribution is 2.16. The van der Waals surface area contributed by atoms with Crippen LogP contribution in [0.1, 0.15) is 303 Å². The summed E-state index contributed by atoms with van der Waals surface area (Å²) in [5, 5.41) is 0. The highest BCUT2D eigenvalue weighted by molar-refractivity contribution is 5.71. The lowest BCUT2D eigenvalue weighted by molar-refractivity contribution is -0.167. The molecule has 0 amide bonds. The second-order valence-corrected chi connectivity index (χ2v) is 22.3. The number of ether oxygens (including phenoxy) is 3. The summed E-state index contributed by atoms with van der Waals surface area (Å²) in [5.41, 5.74) is 0. The third-order valence-corrected chi connectivity index (χ3v) is 14.3. The molecule has 1 unspecified atom stereocenters. The van der Waals surface area contributed by atoms with Gasteiger partial charge in [0.1, 0.15) is 13.2 Å². The minimum absolute atomic E-state index is 0.0959. The molecule has 0 saturated heterocycles. The van der Waals surface area contributed by atoms with Crippen molar-refractivity contribution < 1.29 is 28.6 Å². The molecular formula is C77H126O6. The van der Waals surface area contributed by atoms with E-state index in [1.54, 1.807) is 0 Å². The van der Waals surface area contributed by atoms with Crippen LogP contribution in [0.5, 0.6) is 0 Å². The minimum atomic E-state index is -0.805. The van der Waals surface area contributed by atoms with Crippen molar-refractivity contribution in [2.24, 2.45) is 0 Å². The van der Waals surface area contributed by atoms with Crippen molar-refractivity contribution in [3.63, 3.8) is 0 Å². The lowest BCUT2D eigenvalue weighted by Crippen LogP contribution is -2.30. The fraction of sp³-hybridized carbons (Fsp3) is 0.649. The first-order valence-electron chi connectivity index (χ1n) is 34.3. The van der Waals surface area contributed by atoms with Gasteiger partial charge in [-0.2, -0.15) is 0 Å². The largest absolute Gasteiger partial charge is 0.462 e. The van der Waals surface area contributed by atoms with Crippen LogP contribution in [-0.4, -0.2) is 37.2 Å². The van der Waals surface area contributed by atoms with Gasteiger partial charge in [0.05, 0.1) is 0 Å². The van der Waals surface area contributed by atoms with Crippen LogP contribution in [-0.2, 0) is 28.6 Å². The summed E-state index contributed by atoms with van der Waals surface area (Å²) in [6.45, 7) is 6.40. The molecule has 0 saturated carbocycles. The third kappa shape index (κ3) is 68.0. The van der Waals surface area contributed by atoms with Gasteiger partial charge in [-0.15, -0.1) is 0 Å². The number of esters is 3. The zero-order valence-electron chi connectivity index (χ0n) is 53.9. The van der Waals surface area contributed by atoms with Crippen LogP contribution in [0.2, 0.25) is 0 Å². The van der Waals surface area contributed by atoms with Crippen LogP contribution in [0.25, 0.3) is 0 Å². The number of carbonyl (C=O) groups excluding carboxylic acids is 3. The molecular weight excluding hydrogens is 1020 g/mol. The molecule has 0 N–H and O–H groups in total. The first-order valence-corrected chi connectivity index (χ1v) is 34.3. The molecule has 0 aromatic heterocycles. The van der Waals surface area contributed by atoms with Crippen LogP contribution in [0.3, 0.4) is 0 Å². The van der Waals surface area contributed by atoms with Crippen molar-refractivity contribution in [1.29, 1.82) is 0 Å². The Balaban J connectivity index is 4.49. The van der Waals surface area contributed by atoms with Crippen molar-refractivity contribution in [2.45, 2.75) is 309 Å². The second-order valence-electron chi connectivity index (χ2n) is 22.3. The molecule has 0 aliphatic carbocycles. The Morgan fingerprint density at radius 1 is 0.253 bits per heavy atom.